The van der Waals surface area contributed by atoms with E-state index >= 15 is 0 Å². The first-order valence-electron chi connectivity index (χ1n) is 4.67. The molecule has 0 fully saturated rings. The Hall–Kier alpha value is -1.61. The van der Waals surface area contributed by atoms with Gasteiger partial charge in [-0.05, 0) is 18.6 Å². The van der Waals surface area contributed by atoms with Crippen molar-refractivity contribution in [3.05, 3.63) is 30.1 Å². The number of nitriles is 1. The summed E-state index contributed by atoms with van der Waals surface area (Å²) < 4.78 is 38.5. The molecule has 4 nitrogen and oxygen atoms in total. The van der Waals surface area contributed by atoms with Gasteiger partial charge in [0.25, 0.3) is 0 Å². The molecule has 0 saturated heterocycles. The maximum atomic E-state index is 13.2. The Morgan fingerprint density at radius 3 is 2.62 bits per heavy atom. The van der Waals surface area contributed by atoms with Crippen LogP contribution >= 0.6 is 0 Å². The number of nitrogens with one attached hydrogen (secondary N) is 1. The number of rotatable bonds is 4. The van der Waals surface area contributed by atoms with Gasteiger partial charge in [-0.3, -0.25) is 4.72 Å². The molecule has 0 spiro atoms. The lowest BCUT2D eigenvalue weighted by molar-refractivity contribution is 0.590. The van der Waals surface area contributed by atoms with E-state index in [0.717, 1.165) is 6.07 Å². The smallest absolute Gasteiger partial charge is 0.249 e. The van der Waals surface area contributed by atoms with Crippen LogP contribution in [0.2, 0.25) is 0 Å². The third-order valence-electron chi connectivity index (χ3n) is 2.02. The van der Waals surface area contributed by atoms with E-state index in [1.807, 2.05) is 0 Å². The van der Waals surface area contributed by atoms with Crippen LogP contribution in [0.5, 0.6) is 0 Å². The Kier molecular flexibility index (Phi) is 3.85. The number of sulfonamides is 1. The van der Waals surface area contributed by atoms with Gasteiger partial charge in [-0.15, -0.1) is 0 Å². The molecule has 1 N–H and O–H groups in total. The number of benzene rings is 1. The summed E-state index contributed by atoms with van der Waals surface area (Å²) in [5, 5.41) is 7.47. The van der Waals surface area contributed by atoms with Crippen molar-refractivity contribution in [2.24, 2.45) is 0 Å². The van der Waals surface area contributed by atoms with Gasteiger partial charge in [0.05, 0.1) is 11.8 Å². The molecule has 1 atom stereocenters. The normalized spacial score (nSPS) is 12.8. The quantitative estimate of drug-likeness (QED) is 0.876. The monoisotopic (exact) mass is 242 g/mol. The molecule has 0 saturated carbocycles. The van der Waals surface area contributed by atoms with E-state index < -0.39 is 21.1 Å². The van der Waals surface area contributed by atoms with E-state index in [-0.39, 0.29) is 12.1 Å². The predicted molar refractivity (Wildman–Crippen MR) is 58.6 cm³/mol. The van der Waals surface area contributed by atoms with Crippen molar-refractivity contribution in [2.45, 2.75) is 18.6 Å². The second kappa shape index (κ2) is 4.94. The Morgan fingerprint density at radius 1 is 1.50 bits per heavy atom. The number of anilines is 1. The van der Waals surface area contributed by atoms with Crippen LogP contribution in [0.1, 0.15) is 13.3 Å². The minimum Gasteiger partial charge on any atom is -0.279 e. The minimum absolute atomic E-state index is 0.142. The van der Waals surface area contributed by atoms with Crippen molar-refractivity contribution in [3.63, 3.8) is 0 Å². The molecule has 0 aliphatic carbocycles. The fourth-order valence-electron chi connectivity index (χ4n) is 1.15. The maximum Gasteiger partial charge on any atom is 0.249 e. The highest BCUT2D eigenvalue weighted by molar-refractivity contribution is 7.93. The molecular weight excluding hydrogens is 231 g/mol. The molecule has 1 aromatic rings. The van der Waals surface area contributed by atoms with Crippen LogP contribution in [0.15, 0.2) is 24.3 Å². The molecule has 86 valence electrons. The molecule has 0 aliphatic heterocycles. The zero-order valence-electron chi connectivity index (χ0n) is 8.64. The molecule has 16 heavy (non-hydrogen) atoms. The third-order valence-corrected chi connectivity index (χ3v) is 3.71. The van der Waals surface area contributed by atoms with Crippen LogP contribution in [-0.4, -0.2) is 13.7 Å². The molecule has 0 unspecified atom stereocenters. The van der Waals surface area contributed by atoms with E-state index in [4.69, 9.17) is 5.26 Å². The third kappa shape index (κ3) is 2.70. The SMILES string of the molecule is CC[C@@H](C#N)S(=O)(=O)Nc1ccccc1F. The van der Waals surface area contributed by atoms with Crippen LogP contribution in [0, 0.1) is 17.1 Å². The van der Waals surface area contributed by atoms with Gasteiger partial charge in [0, 0.05) is 0 Å². The van der Waals surface area contributed by atoms with Crippen LogP contribution in [-0.2, 0) is 10.0 Å². The van der Waals surface area contributed by atoms with Gasteiger partial charge in [0.1, 0.15) is 5.82 Å². The fraction of sp³-hybridized carbons (Fsp3) is 0.300. The van der Waals surface area contributed by atoms with Gasteiger partial charge >= 0.3 is 0 Å². The molecule has 0 bridgehead atoms. The first kappa shape index (κ1) is 12.5. The van der Waals surface area contributed by atoms with Crippen molar-refractivity contribution < 1.29 is 12.8 Å². The highest BCUT2D eigenvalue weighted by Gasteiger charge is 2.24. The van der Waals surface area contributed by atoms with Gasteiger partial charge in [0.15, 0.2) is 5.25 Å². The molecule has 1 aromatic carbocycles. The van der Waals surface area contributed by atoms with Gasteiger partial charge in [-0.1, -0.05) is 19.1 Å². The van der Waals surface area contributed by atoms with Crippen molar-refractivity contribution in [2.75, 3.05) is 4.72 Å². The summed E-state index contributed by atoms with van der Waals surface area (Å²) >= 11 is 0. The van der Waals surface area contributed by atoms with Gasteiger partial charge in [-0.25, -0.2) is 12.8 Å². The zero-order chi connectivity index (χ0) is 12.2. The van der Waals surface area contributed by atoms with E-state index in [1.165, 1.54) is 18.2 Å². The van der Waals surface area contributed by atoms with Crippen molar-refractivity contribution in [3.8, 4) is 6.07 Å². The molecule has 0 aliphatic rings. The van der Waals surface area contributed by atoms with Crippen LogP contribution in [0.25, 0.3) is 0 Å². The number of para-hydroxylation sites is 1. The van der Waals surface area contributed by atoms with Crippen molar-refractivity contribution in [1.82, 2.24) is 0 Å². The minimum atomic E-state index is -3.85. The van der Waals surface area contributed by atoms with Gasteiger partial charge in [-0.2, -0.15) is 5.26 Å². The summed E-state index contributed by atoms with van der Waals surface area (Å²) in [7, 11) is -3.85. The Labute approximate surface area is 93.8 Å². The van der Waals surface area contributed by atoms with E-state index in [9.17, 15) is 12.8 Å². The summed E-state index contributed by atoms with van der Waals surface area (Å²) in [5.41, 5.74) is -0.142. The maximum absolute atomic E-state index is 13.2. The van der Waals surface area contributed by atoms with E-state index in [2.05, 4.69) is 4.72 Å². The standard InChI is InChI=1S/C10H11FN2O2S/c1-2-8(7-12)16(14,15)13-10-6-4-3-5-9(10)11/h3-6,8,13H,2H2,1H3/t8-/m0/s1. The zero-order valence-corrected chi connectivity index (χ0v) is 9.46. The van der Waals surface area contributed by atoms with Crippen LogP contribution < -0.4 is 4.72 Å². The lowest BCUT2D eigenvalue weighted by atomic mass is 10.3. The van der Waals surface area contributed by atoms with Crippen molar-refractivity contribution >= 4 is 15.7 Å². The topological polar surface area (TPSA) is 70.0 Å². The molecule has 0 heterocycles. The average Bonchev–Trinajstić information content (AvgIpc) is 2.22. The number of hydrogen-bond acceptors (Lipinski definition) is 3. The summed E-state index contributed by atoms with van der Waals surface area (Å²) in [6.45, 7) is 1.58. The second-order valence-corrected chi connectivity index (χ2v) is 5.02. The fourth-order valence-corrected chi connectivity index (χ4v) is 2.34. The highest BCUT2D eigenvalue weighted by Crippen LogP contribution is 2.16. The van der Waals surface area contributed by atoms with E-state index in [0.29, 0.717) is 0 Å². The molecule has 0 aromatic heterocycles. The summed E-state index contributed by atoms with van der Waals surface area (Å²) in [6, 6.07) is 7.07. The summed E-state index contributed by atoms with van der Waals surface area (Å²) in [6.07, 6.45) is 0.153. The van der Waals surface area contributed by atoms with Crippen LogP contribution in [0.3, 0.4) is 0 Å². The first-order valence-corrected chi connectivity index (χ1v) is 6.21. The van der Waals surface area contributed by atoms with Crippen LogP contribution in [0.4, 0.5) is 10.1 Å². The Morgan fingerprint density at radius 2 is 2.12 bits per heavy atom. The van der Waals surface area contributed by atoms with Gasteiger partial charge in [0.2, 0.25) is 10.0 Å². The molecule has 6 heteroatoms. The Balaban J connectivity index is 2.99. The highest BCUT2D eigenvalue weighted by atomic mass is 32.2. The Bertz CT molecular complexity index is 508. The second-order valence-electron chi connectivity index (χ2n) is 3.15. The average molecular weight is 242 g/mol. The number of hydrogen-bond donors (Lipinski definition) is 1. The largest absolute Gasteiger partial charge is 0.279 e. The summed E-state index contributed by atoms with van der Waals surface area (Å²) in [4.78, 5) is 0. The van der Waals surface area contributed by atoms with E-state index in [1.54, 1.807) is 13.0 Å². The molecule has 1 rings (SSSR count). The van der Waals surface area contributed by atoms with Gasteiger partial charge < -0.3 is 0 Å². The van der Waals surface area contributed by atoms with Crippen molar-refractivity contribution in [1.29, 1.82) is 5.26 Å². The molecule has 0 radical (unpaired) electrons. The lowest BCUT2D eigenvalue weighted by Crippen LogP contribution is -2.26. The molecule has 0 amide bonds. The predicted octanol–water partition coefficient (Wildman–Crippen LogP) is 1.87. The number of halogens is 1. The molecular formula is C10H11FN2O2S. The lowest BCUT2D eigenvalue weighted by Gasteiger charge is -2.11. The summed E-state index contributed by atoms with van der Waals surface area (Å²) in [5.74, 6) is -0.668. The number of nitrogens with zero attached hydrogens (tertiary/aromatic N) is 1. The first-order chi connectivity index (χ1) is 7.51.